The number of hydrogen-bond acceptors (Lipinski definition) is 3. The van der Waals surface area contributed by atoms with Crippen molar-refractivity contribution in [3.8, 4) is 5.75 Å². The van der Waals surface area contributed by atoms with Gasteiger partial charge >= 0.3 is 0 Å². The number of rotatable bonds is 12. The number of benzene rings is 2. The van der Waals surface area contributed by atoms with Gasteiger partial charge in [0.1, 0.15) is 12.3 Å². The molecule has 0 aliphatic rings. The summed E-state index contributed by atoms with van der Waals surface area (Å²) in [6, 6.07) is 21.0. The Balaban J connectivity index is 1.74. The zero-order valence-corrected chi connectivity index (χ0v) is 21.3. The first kappa shape index (κ1) is 26.1. The summed E-state index contributed by atoms with van der Waals surface area (Å²) in [6.45, 7) is 7.62. The van der Waals surface area contributed by atoms with E-state index in [1.54, 1.807) is 17.0 Å². The number of ether oxygens (including phenoxy) is 1. The van der Waals surface area contributed by atoms with E-state index in [4.69, 9.17) is 4.74 Å². The first-order chi connectivity index (χ1) is 16.9. The van der Waals surface area contributed by atoms with Crippen LogP contribution in [0.1, 0.15) is 55.2 Å². The Labute approximate surface area is 209 Å². The van der Waals surface area contributed by atoms with Crippen molar-refractivity contribution in [3.05, 3.63) is 89.7 Å². The van der Waals surface area contributed by atoms with Gasteiger partial charge < -0.3 is 19.1 Å². The van der Waals surface area contributed by atoms with E-state index < -0.39 is 0 Å². The number of carbonyl (C=O) groups is 2. The highest BCUT2D eigenvalue weighted by Gasteiger charge is 2.25. The molecule has 6 nitrogen and oxygen atoms in total. The van der Waals surface area contributed by atoms with Gasteiger partial charge in [0, 0.05) is 37.1 Å². The molecule has 0 spiro atoms. The van der Waals surface area contributed by atoms with Gasteiger partial charge in [-0.05, 0) is 62.2 Å². The number of unbranched alkanes of at least 4 members (excludes halogenated alkanes) is 1. The molecule has 6 heteroatoms. The molecular formula is C29H37N3O3. The average Bonchev–Trinajstić information content (AvgIpc) is 3.26. The largest absolute Gasteiger partial charge is 0.494 e. The van der Waals surface area contributed by atoms with Crippen molar-refractivity contribution in [2.24, 2.45) is 7.05 Å². The number of amides is 2. The third kappa shape index (κ3) is 7.47. The molecule has 0 unspecified atom stereocenters. The number of aryl methyl sites for hydroxylation is 1. The molecule has 1 aromatic heterocycles. The van der Waals surface area contributed by atoms with Gasteiger partial charge in [0.25, 0.3) is 5.91 Å². The second-order valence-electron chi connectivity index (χ2n) is 9.10. The second kappa shape index (κ2) is 12.8. The maximum atomic E-state index is 13.5. The molecule has 0 N–H and O–H groups in total. The van der Waals surface area contributed by atoms with Crippen LogP contribution in [0.2, 0.25) is 0 Å². The normalized spacial score (nSPS) is 10.9. The fourth-order valence-corrected chi connectivity index (χ4v) is 3.82. The lowest BCUT2D eigenvalue weighted by Crippen LogP contribution is -2.45. The van der Waals surface area contributed by atoms with E-state index in [1.807, 2.05) is 91.2 Å². The molecule has 0 saturated carbocycles. The Bertz CT molecular complexity index is 1070. The molecule has 0 fully saturated rings. The molecule has 0 bridgehead atoms. The summed E-state index contributed by atoms with van der Waals surface area (Å²) >= 11 is 0. The Morgan fingerprint density at radius 3 is 2.26 bits per heavy atom. The minimum atomic E-state index is -0.160. The number of hydrogen-bond donors (Lipinski definition) is 0. The first-order valence-electron chi connectivity index (χ1n) is 12.3. The van der Waals surface area contributed by atoms with E-state index in [2.05, 4.69) is 6.92 Å². The van der Waals surface area contributed by atoms with Gasteiger partial charge in [-0.3, -0.25) is 9.59 Å². The highest BCUT2D eigenvalue weighted by atomic mass is 16.5. The molecule has 186 valence electrons. The van der Waals surface area contributed by atoms with Crippen molar-refractivity contribution < 1.29 is 14.3 Å². The van der Waals surface area contributed by atoms with Crippen LogP contribution < -0.4 is 4.74 Å². The van der Waals surface area contributed by atoms with E-state index in [9.17, 15) is 9.59 Å². The quantitative estimate of drug-likeness (QED) is 0.335. The smallest absolute Gasteiger partial charge is 0.254 e. The van der Waals surface area contributed by atoms with Crippen LogP contribution in [0, 0.1) is 0 Å². The van der Waals surface area contributed by atoms with Crippen molar-refractivity contribution in [1.29, 1.82) is 0 Å². The van der Waals surface area contributed by atoms with Gasteiger partial charge in [0.15, 0.2) is 0 Å². The van der Waals surface area contributed by atoms with Crippen LogP contribution in [0.3, 0.4) is 0 Å². The minimum Gasteiger partial charge on any atom is -0.494 e. The third-order valence-electron chi connectivity index (χ3n) is 6.03. The zero-order chi connectivity index (χ0) is 25.2. The van der Waals surface area contributed by atoms with Crippen molar-refractivity contribution in [2.45, 2.75) is 52.7 Å². The molecule has 0 saturated heterocycles. The fourth-order valence-electron chi connectivity index (χ4n) is 3.82. The molecule has 35 heavy (non-hydrogen) atoms. The molecule has 3 rings (SSSR count). The fraction of sp³-hybridized carbons (Fsp3) is 0.379. The summed E-state index contributed by atoms with van der Waals surface area (Å²) in [5.74, 6) is 0.502. The average molecular weight is 476 g/mol. The van der Waals surface area contributed by atoms with Crippen LogP contribution in [-0.2, 0) is 24.9 Å². The van der Waals surface area contributed by atoms with Crippen molar-refractivity contribution in [2.75, 3.05) is 13.2 Å². The maximum absolute atomic E-state index is 13.5. The minimum absolute atomic E-state index is 0.0164. The lowest BCUT2D eigenvalue weighted by molar-refractivity contribution is -0.133. The second-order valence-corrected chi connectivity index (χ2v) is 9.10. The standard InChI is InChI=1S/C29H37N3O3/c1-5-6-19-35-27-16-14-25(15-17-27)29(34)32(23(2)3)22-28(33)31(20-24-11-8-7-9-12-24)21-26-13-10-18-30(26)4/h7-18,23H,5-6,19-22H2,1-4H3. The van der Waals surface area contributed by atoms with Crippen molar-refractivity contribution >= 4 is 11.8 Å². The Kier molecular flexibility index (Phi) is 9.53. The summed E-state index contributed by atoms with van der Waals surface area (Å²) in [5, 5.41) is 0. The molecule has 0 atom stereocenters. The van der Waals surface area contributed by atoms with Crippen LogP contribution in [0.5, 0.6) is 5.75 Å². The van der Waals surface area contributed by atoms with Gasteiger partial charge in [0.05, 0.1) is 13.2 Å². The molecule has 0 radical (unpaired) electrons. The van der Waals surface area contributed by atoms with E-state index in [1.165, 1.54) is 0 Å². The predicted molar refractivity (Wildman–Crippen MR) is 139 cm³/mol. The SMILES string of the molecule is CCCCOc1ccc(C(=O)N(CC(=O)N(Cc2ccccc2)Cc2cccn2C)C(C)C)cc1. The Morgan fingerprint density at radius 1 is 0.943 bits per heavy atom. The van der Waals surface area contributed by atoms with Crippen molar-refractivity contribution in [3.63, 3.8) is 0 Å². The summed E-state index contributed by atoms with van der Waals surface area (Å²) in [4.78, 5) is 30.3. The number of nitrogens with zero attached hydrogens (tertiary/aromatic N) is 3. The van der Waals surface area contributed by atoms with Gasteiger partial charge in [0.2, 0.25) is 5.91 Å². The van der Waals surface area contributed by atoms with E-state index in [0.29, 0.717) is 25.3 Å². The lowest BCUT2D eigenvalue weighted by Gasteiger charge is -2.30. The van der Waals surface area contributed by atoms with E-state index in [-0.39, 0.29) is 24.4 Å². The summed E-state index contributed by atoms with van der Waals surface area (Å²) in [6.07, 6.45) is 4.03. The van der Waals surface area contributed by atoms with Gasteiger partial charge in [-0.15, -0.1) is 0 Å². The molecule has 0 aliphatic heterocycles. The van der Waals surface area contributed by atoms with Crippen LogP contribution >= 0.6 is 0 Å². The van der Waals surface area contributed by atoms with Gasteiger partial charge in [-0.2, -0.15) is 0 Å². The number of carbonyl (C=O) groups excluding carboxylic acids is 2. The molecule has 0 aliphatic carbocycles. The molecule has 2 amide bonds. The Hall–Kier alpha value is -3.54. The molecule has 2 aromatic carbocycles. The van der Waals surface area contributed by atoms with Crippen LogP contribution in [0.4, 0.5) is 0 Å². The van der Waals surface area contributed by atoms with E-state index >= 15 is 0 Å². The van der Waals surface area contributed by atoms with Crippen LogP contribution in [-0.4, -0.2) is 45.4 Å². The summed E-state index contributed by atoms with van der Waals surface area (Å²) in [7, 11) is 1.97. The van der Waals surface area contributed by atoms with Crippen LogP contribution in [0.15, 0.2) is 72.9 Å². The maximum Gasteiger partial charge on any atom is 0.254 e. The van der Waals surface area contributed by atoms with Crippen molar-refractivity contribution in [1.82, 2.24) is 14.4 Å². The highest BCUT2D eigenvalue weighted by Crippen LogP contribution is 2.17. The van der Waals surface area contributed by atoms with Gasteiger partial charge in [-0.1, -0.05) is 43.7 Å². The first-order valence-corrected chi connectivity index (χ1v) is 12.3. The molecular weight excluding hydrogens is 438 g/mol. The highest BCUT2D eigenvalue weighted by molar-refractivity contribution is 5.96. The third-order valence-corrected chi connectivity index (χ3v) is 6.03. The van der Waals surface area contributed by atoms with Crippen LogP contribution in [0.25, 0.3) is 0 Å². The predicted octanol–water partition coefficient (Wildman–Crippen LogP) is 5.28. The number of aromatic nitrogens is 1. The van der Waals surface area contributed by atoms with Gasteiger partial charge in [-0.25, -0.2) is 0 Å². The lowest BCUT2D eigenvalue weighted by atomic mass is 10.1. The summed E-state index contributed by atoms with van der Waals surface area (Å²) < 4.78 is 7.73. The Morgan fingerprint density at radius 2 is 1.66 bits per heavy atom. The molecule has 3 aromatic rings. The van der Waals surface area contributed by atoms with E-state index in [0.717, 1.165) is 29.8 Å². The topological polar surface area (TPSA) is 54.8 Å². The summed E-state index contributed by atoms with van der Waals surface area (Å²) in [5.41, 5.74) is 2.64. The zero-order valence-electron chi connectivity index (χ0n) is 21.3. The molecule has 1 heterocycles. The monoisotopic (exact) mass is 475 g/mol.